The van der Waals surface area contributed by atoms with Gasteiger partial charge in [-0.15, -0.1) is 10.2 Å². The summed E-state index contributed by atoms with van der Waals surface area (Å²) in [5, 5.41) is 9.29. The van der Waals surface area contributed by atoms with E-state index >= 15 is 0 Å². The molecule has 6 heteroatoms. The maximum atomic E-state index is 11.5. The molecule has 0 amide bonds. The van der Waals surface area contributed by atoms with Gasteiger partial charge >= 0.3 is 5.97 Å². The highest BCUT2D eigenvalue weighted by atomic mass is 32.2. The van der Waals surface area contributed by atoms with E-state index in [4.69, 9.17) is 4.74 Å². The number of ether oxygens (including phenoxy) is 1. The van der Waals surface area contributed by atoms with Crippen LogP contribution in [-0.4, -0.2) is 33.6 Å². The van der Waals surface area contributed by atoms with Gasteiger partial charge in [0, 0.05) is 5.56 Å². The fraction of sp³-hybridized carbons (Fsp3) is 0.167. The average molecular weight is 339 g/mol. The van der Waals surface area contributed by atoms with Crippen molar-refractivity contribution < 1.29 is 9.53 Å². The van der Waals surface area contributed by atoms with Crippen LogP contribution in [0.1, 0.15) is 5.56 Å². The fourth-order valence-electron chi connectivity index (χ4n) is 2.35. The number of carbonyl (C=O) groups excluding carboxylic acids is 1. The van der Waals surface area contributed by atoms with Gasteiger partial charge in [0.05, 0.1) is 18.6 Å². The van der Waals surface area contributed by atoms with E-state index in [2.05, 4.69) is 10.2 Å². The molecule has 0 N–H and O–H groups in total. The number of rotatable bonds is 5. The smallest absolute Gasteiger partial charge is 0.316 e. The molecule has 0 saturated carbocycles. The Kier molecular flexibility index (Phi) is 4.96. The summed E-state index contributed by atoms with van der Waals surface area (Å²) in [6, 6.07) is 17.9. The third kappa shape index (κ3) is 3.33. The lowest BCUT2D eigenvalue weighted by Gasteiger charge is -2.12. The lowest BCUT2D eigenvalue weighted by molar-refractivity contribution is -0.137. The number of benzene rings is 2. The van der Waals surface area contributed by atoms with Gasteiger partial charge in [0.1, 0.15) is 0 Å². The summed E-state index contributed by atoms with van der Waals surface area (Å²) in [7, 11) is 1.38. The summed E-state index contributed by atoms with van der Waals surface area (Å²) >= 11 is 1.31. The van der Waals surface area contributed by atoms with Gasteiger partial charge in [-0.25, -0.2) is 0 Å². The molecule has 3 rings (SSSR count). The molecule has 0 aliphatic heterocycles. The first-order chi connectivity index (χ1) is 11.7. The largest absolute Gasteiger partial charge is 0.468 e. The van der Waals surface area contributed by atoms with E-state index < -0.39 is 0 Å². The molecular weight excluding hydrogens is 322 g/mol. The topological polar surface area (TPSA) is 57.0 Å². The second-order valence-electron chi connectivity index (χ2n) is 5.16. The van der Waals surface area contributed by atoms with E-state index in [9.17, 15) is 4.79 Å². The molecule has 122 valence electrons. The van der Waals surface area contributed by atoms with Crippen molar-refractivity contribution in [3.8, 4) is 17.1 Å². The summed E-state index contributed by atoms with van der Waals surface area (Å²) in [6.45, 7) is 2.04. The number of aromatic nitrogens is 3. The Morgan fingerprint density at radius 3 is 2.50 bits per heavy atom. The Morgan fingerprint density at radius 2 is 1.79 bits per heavy atom. The van der Waals surface area contributed by atoms with Crippen LogP contribution in [0.3, 0.4) is 0 Å². The van der Waals surface area contributed by atoms with Crippen LogP contribution in [0.5, 0.6) is 0 Å². The predicted octanol–water partition coefficient (Wildman–Crippen LogP) is 3.51. The van der Waals surface area contributed by atoms with E-state index in [0.717, 1.165) is 22.6 Å². The first-order valence-corrected chi connectivity index (χ1v) is 8.45. The van der Waals surface area contributed by atoms with E-state index in [0.29, 0.717) is 5.16 Å². The van der Waals surface area contributed by atoms with E-state index in [-0.39, 0.29) is 11.7 Å². The number of thioether (sulfide) groups is 1. The van der Waals surface area contributed by atoms with E-state index in [1.807, 2.05) is 66.1 Å². The first-order valence-electron chi connectivity index (χ1n) is 7.47. The van der Waals surface area contributed by atoms with Gasteiger partial charge < -0.3 is 4.74 Å². The molecule has 0 aliphatic carbocycles. The van der Waals surface area contributed by atoms with Crippen molar-refractivity contribution in [1.82, 2.24) is 14.8 Å². The van der Waals surface area contributed by atoms with E-state index in [1.165, 1.54) is 18.9 Å². The van der Waals surface area contributed by atoms with Crippen LogP contribution in [0.4, 0.5) is 0 Å². The van der Waals surface area contributed by atoms with Gasteiger partial charge in [-0.05, 0) is 18.6 Å². The molecule has 0 spiro atoms. The maximum Gasteiger partial charge on any atom is 0.316 e. The third-order valence-corrected chi connectivity index (χ3v) is 4.47. The SMILES string of the molecule is COC(=O)CSc1nnc(-c2ccccc2)n1-c1ccccc1C. The number of aryl methyl sites for hydroxylation is 1. The highest BCUT2D eigenvalue weighted by Gasteiger charge is 2.18. The van der Waals surface area contributed by atoms with Gasteiger partial charge in [0.25, 0.3) is 0 Å². The molecule has 0 bridgehead atoms. The van der Waals surface area contributed by atoms with Crippen molar-refractivity contribution in [1.29, 1.82) is 0 Å². The van der Waals surface area contributed by atoms with Crippen molar-refractivity contribution in [2.45, 2.75) is 12.1 Å². The Hall–Kier alpha value is -2.60. The molecule has 2 aromatic carbocycles. The zero-order valence-electron chi connectivity index (χ0n) is 13.5. The monoisotopic (exact) mass is 339 g/mol. The third-order valence-electron chi connectivity index (χ3n) is 3.57. The zero-order valence-corrected chi connectivity index (χ0v) is 14.3. The predicted molar refractivity (Wildman–Crippen MR) is 94.3 cm³/mol. The standard InChI is InChI=1S/C18H17N3O2S/c1-13-8-6-7-11-15(13)21-17(14-9-4-3-5-10-14)19-20-18(21)24-12-16(22)23-2/h3-11H,12H2,1-2H3. The molecule has 0 unspecified atom stereocenters. The number of carbonyl (C=O) groups is 1. The molecule has 0 aliphatic rings. The number of hydrogen-bond acceptors (Lipinski definition) is 5. The maximum absolute atomic E-state index is 11.5. The van der Waals surface area contributed by atoms with Crippen molar-refractivity contribution in [2.24, 2.45) is 0 Å². The minimum absolute atomic E-state index is 0.190. The first kappa shape index (κ1) is 16.3. The fourth-order valence-corrected chi connectivity index (χ4v) is 3.13. The van der Waals surface area contributed by atoms with Crippen molar-refractivity contribution in [2.75, 3.05) is 12.9 Å². The van der Waals surface area contributed by atoms with Crippen LogP contribution >= 0.6 is 11.8 Å². The minimum atomic E-state index is -0.291. The average Bonchev–Trinajstić information content (AvgIpc) is 3.04. The Labute approximate surface area is 144 Å². The van der Waals surface area contributed by atoms with Gasteiger partial charge in [0.2, 0.25) is 0 Å². The van der Waals surface area contributed by atoms with E-state index in [1.54, 1.807) is 0 Å². The Bertz CT molecular complexity index is 846. The van der Waals surface area contributed by atoms with Crippen LogP contribution in [0.15, 0.2) is 59.8 Å². The van der Waals surface area contributed by atoms with Crippen LogP contribution < -0.4 is 0 Å². The van der Waals surface area contributed by atoms with Crippen LogP contribution in [0.2, 0.25) is 0 Å². The molecule has 0 fully saturated rings. The number of para-hydroxylation sites is 1. The molecular formula is C18H17N3O2S. The quantitative estimate of drug-likeness (QED) is 0.526. The number of esters is 1. The van der Waals surface area contributed by atoms with Crippen LogP contribution in [-0.2, 0) is 9.53 Å². The van der Waals surface area contributed by atoms with Crippen molar-refractivity contribution in [3.63, 3.8) is 0 Å². The number of hydrogen-bond donors (Lipinski definition) is 0. The molecule has 1 aromatic heterocycles. The molecule has 1 heterocycles. The lowest BCUT2D eigenvalue weighted by atomic mass is 10.1. The molecule has 0 saturated heterocycles. The van der Waals surface area contributed by atoms with Crippen molar-refractivity contribution in [3.05, 3.63) is 60.2 Å². The highest BCUT2D eigenvalue weighted by molar-refractivity contribution is 7.99. The summed E-state index contributed by atoms with van der Waals surface area (Å²) in [5.41, 5.74) is 3.07. The normalized spacial score (nSPS) is 10.6. The number of methoxy groups -OCH3 is 1. The van der Waals surface area contributed by atoms with Gasteiger partial charge in [0.15, 0.2) is 11.0 Å². The lowest BCUT2D eigenvalue weighted by Crippen LogP contribution is -2.06. The highest BCUT2D eigenvalue weighted by Crippen LogP contribution is 2.29. The second-order valence-corrected chi connectivity index (χ2v) is 6.10. The second kappa shape index (κ2) is 7.31. The Morgan fingerprint density at radius 1 is 1.08 bits per heavy atom. The molecule has 24 heavy (non-hydrogen) atoms. The molecule has 3 aromatic rings. The summed E-state index contributed by atoms with van der Waals surface area (Å²) in [5.74, 6) is 0.646. The minimum Gasteiger partial charge on any atom is -0.468 e. The summed E-state index contributed by atoms with van der Waals surface area (Å²) in [6.07, 6.45) is 0. The Balaban J connectivity index is 2.09. The molecule has 0 radical (unpaired) electrons. The summed E-state index contributed by atoms with van der Waals surface area (Å²) < 4.78 is 6.70. The van der Waals surface area contributed by atoms with Gasteiger partial charge in [-0.2, -0.15) is 0 Å². The summed E-state index contributed by atoms with van der Waals surface area (Å²) in [4.78, 5) is 11.5. The molecule has 5 nitrogen and oxygen atoms in total. The van der Waals surface area contributed by atoms with Crippen LogP contribution in [0.25, 0.3) is 17.1 Å². The van der Waals surface area contributed by atoms with Gasteiger partial charge in [-0.1, -0.05) is 60.3 Å². The van der Waals surface area contributed by atoms with Crippen molar-refractivity contribution >= 4 is 17.7 Å². The number of nitrogens with zero attached hydrogens (tertiary/aromatic N) is 3. The van der Waals surface area contributed by atoms with Crippen LogP contribution in [0, 0.1) is 6.92 Å². The zero-order chi connectivity index (χ0) is 16.9. The van der Waals surface area contributed by atoms with Gasteiger partial charge in [-0.3, -0.25) is 9.36 Å². The molecule has 0 atom stereocenters.